The van der Waals surface area contributed by atoms with Gasteiger partial charge < -0.3 is 9.80 Å². The van der Waals surface area contributed by atoms with Crippen molar-refractivity contribution in [2.24, 2.45) is 0 Å². The minimum atomic E-state index is -0.512. The second-order valence-electron chi connectivity index (χ2n) is 41.1. The average Bonchev–Trinajstić information content (AvgIpc) is 1.50. The van der Waals surface area contributed by atoms with E-state index >= 15 is 0 Å². The maximum Gasteiger partial charge on any atom is 0.0726 e. The van der Waals surface area contributed by atoms with Gasteiger partial charge in [-0.2, -0.15) is 0 Å². The van der Waals surface area contributed by atoms with E-state index in [1.165, 1.54) is 298 Å². The lowest BCUT2D eigenvalue weighted by atomic mass is 9.70. The highest BCUT2D eigenvalue weighted by Gasteiger charge is 2.56. The lowest BCUT2D eigenvalue weighted by molar-refractivity contribution is 0.550. The molecule has 2 saturated carbocycles. The Morgan fingerprint density at radius 3 is 0.845 bits per heavy atom. The van der Waals surface area contributed by atoms with Gasteiger partial charge >= 0.3 is 0 Å². The van der Waals surface area contributed by atoms with Gasteiger partial charge in [0.2, 0.25) is 0 Å². The van der Waals surface area contributed by atoms with Gasteiger partial charge in [-0.15, -0.1) is 0 Å². The molecule has 0 amide bonds. The van der Waals surface area contributed by atoms with E-state index < -0.39 is 10.8 Å². The van der Waals surface area contributed by atoms with Crippen molar-refractivity contribution in [3.63, 3.8) is 0 Å². The van der Waals surface area contributed by atoms with Crippen molar-refractivity contribution in [2.75, 3.05) is 9.80 Å². The Labute approximate surface area is 826 Å². The molecule has 2 heteroatoms. The molecule has 0 aliphatic heterocycles. The number of benzene rings is 24. The summed E-state index contributed by atoms with van der Waals surface area (Å²) in [7, 11) is 0. The van der Waals surface area contributed by atoms with Crippen LogP contribution in [0, 0.1) is 0 Å². The van der Waals surface area contributed by atoms with Crippen LogP contribution < -0.4 is 9.80 Å². The first-order valence-corrected chi connectivity index (χ1v) is 51.1. The Kier molecular flexibility index (Phi) is 17.0. The zero-order valence-electron chi connectivity index (χ0n) is 78.6. The lowest BCUT2D eigenvalue weighted by Gasteiger charge is -2.36. The second-order valence-corrected chi connectivity index (χ2v) is 41.1. The standard InChI is InChI=1S/2C70H47N/c1-2-19-45-40-46(35-34-44(45)18-1)58-42-60-56-27-10-14-32-64(56)70(62-30-12-8-24-53(62)54-25-9-13-31-63(54)70)65(60)43-67(58)71(66-33-17-28-57-55-26-7-11-29-61(55)69(68(57)66)38-15-16-39-69)47-36-37-52-50-22-4-3-20-48(50)49-21-5-6-23-51(49)59(52)41-47;1-2-18-45-39-46(32-31-44(45)17-1)58-42-61-57-26-10-14-30-66(57)70(64-28-12-8-23-54(64)55-24-9-13-29-65(55)70)67(61)43-68(58)71(48-34-36-63-60(41-48)56-25-7-11-27-62(56)69(63)37-15-16-38-69)47-33-35-53-51-21-4-3-19-49(51)50-20-5-6-22-52(50)59(53)40-47/h1-14,17-37,40-43H,15-16,38-39H2;1-14,17-36,39-43H,15-16,37-38H2. The fourth-order valence-corrected chi connectivity index (χ4v) is 29.0. The summed E-state index contributed by atoms with van der Waals surface area (Å²) in [4.78, 5) is 5.34. The van der Waals surface area contributed by atoms with E-state index in [9.17, 15) is 0 Å². The maximum atomic E-state index is 2.71. The smallest absolute Gasteiger partial charge is 0.0726 e. The molecule has 0 aromatic heterocycles. The number of anilines is 6. The highest BCUT2D eigenvalue weighted by atomic mass is 15.2. The molecule has 2 fully saturated rings. The van der Waals surface area contributed by atoms with Crippen LogP contribution in [0.1, 0.15) is 118 Å². The molecule has 0 N–H and O–H groups in total. The summed E-state index contributed by atoms with van der Waals surface area (Å²) >= 11 is 0. The van der Waals surface area contributed by atoms with E-state index in [1.807, 2.05) is 0 Å². The average molecular weight is 1800 g/mol. The molecule has 24 aromatic rings. The third-order valence-corrected chi connectivity index (χ3v) is 34.7. The molecule has 0 unspecified atom stereocenters. The zero-order chi connectivity index (χ0) is 92.8. The molecule has 0 bridgehead atoms. The van der Waals surface area contributed by atoms with Crippen molar-refractivity contribution in [3.8, 4) is 89.0 Å². The fraction of sp³-hybridized carbons (Fsp3) is 0.0857. The molecule has 664 valence electrons. The van der Waals surface area contributed by atoms with Crippen molar-refractivity contribution in [2.45, 2.75) is 73.0 Å². The van der Waals surface area contributed by atoms with E-state index in [4.69, 9.17) is 0 Å². The SMILES string of the molecule is c1ccc2c(c1)-c1cc(N(c3ccc4c5ccccc5c5ccccc5c4c3)c3cc4c(cc3-c3ccc5ccccc5c3)-c3ccccc3C43c4ccccc4-c4ccccc43)ccc1C21CCCC1.c1ccc2c(c1)-c1cccc(N(c3ccc4c5ccccc5c5ccccc5c4c3)c3cc4c(cc3-c3ccc5ccccc5c3)-c3ccccc3C43c4ccccc4-c4ccccc43)c1C21CCCC1. The Morgan fingerprint density at radius 1 is 0.148 bits per heavy atom. The predicted octanol–water partition coefficient (Wildman–Crippen LogP) is 37.2. The summed E-state index contributed by atoms with van der Waals surface area (Å²) in [6, 6.07) is 181. The van der Waals surface area contributed by atoms with Gasteiger partial charge in [-0.1, -0.05) is 420 Å². The van der Waals surface area contributed by atoms with Crippen LogP contribution in [0.15, 0.2) is 473 Å². The lowest BCUT2D eigenvalue weighted by Crippen LogP contribution is -2.27. The highest BCUT2D eigenvalue weighted by molar-refractivity contribution is 6.28. The molecule has 2 nitrogen and oxygen atoms in total. The van der Waals surface area contributed by atoms with Crippen LogP contribution in [-0.4, -0.2) is 0 Å². The normalized spacial score (nSPS) is 15.0. The molecule has 0 radical (unpaired) electrons. The number of hydrogen-bond acceptors (Lipinski definition) is 2. The highest BCUT2D eigenvalue weighted by Crippen LogP contribution is 2.69. The first-order chi connectivity index (χ1) is 70.4. The van der Waals surface area contributed by atoms with Gasteiger partial charge in [0.25, 0.3) is 0 Å². The number of rotatable bonds is 8. The minimum Gasteiger partial charge on any atom is -0.310 e. The molecule has 4 spiro atoms. The number of fused-ring (bicyclic) bond motifs is 44. The fourth-order valence-electron chi connectivity index (χ4n) is 29.0. The maximum absolute atomic E-state index is 2.71. The molecule has 8 aliphatic carbocycles. The van der Waals surface area contributed by atoms with Crippen LogP contribution in [0.3, 0.4) is 0 Å². The van der Waals surface area contributed by atoms with Gasteiger partial charge in [-0.3, -0.25) is 0 Å². The van der Waals surface area contributed by atoms with Gasteiger partial charge in [0, 0.05) is 39.0 Å². The van der Waals surface area contributed by atoms with E-state index in [0.29, 0.717) is 0 Å². The van der Waals surface area contributed by atoms with E-state index in [1.54, 1.807) is 0 Å². The summed E-state index contributed by atoms with van der Waals surface area (Å²) in [5.41, 5.74) is 43.6. The molecular formula is C140H94N2. The van der Waals surface area contributed by atoms with Gasteiger partial charge in [0.15, 0.2) is 0 Å². The number of nitrogens with zero attached hydrogens (tertiary/aromatic N) is 2. The monoisotopic (exact) mass is 1800 g/mol. The molecule has 0 saturated heterocycles. The Balaban J connectivity index is 0.000000130. The first kappa shape index (κ1) is 80.0. The summed E-state index contributed by atoms with van der Waals surface area (Å²) in [5.74, 6) is 0. The van der Waals surface area contributed by atoms with Crippen molar-refractivity contribution in [3.05, 3.63) is 540 Å². The molecule has 0 atom stereocenters. The molecular weight excluding hydrogens is 1710 g/mol. The van der Waals surface area contributed by atoms with Crippen molar-refractivity contribution in [1.29, 1.82) is 0 Å². The van der Waals surface area contributed by atoms with Gasteiger partial charge in [-0.05, 0) is 335 Å². The molecule has 142 heavy (non-hydrogen) atoms. The van der Waals surface area contributed by atoms with E-state index in [2.05, 4.69) is 483 Å². The van der Waals surface area contributed by atoms with Crippen LogP contribution in [0.4, 0.5) is 34.1 Å². The van der Waals surface area contributed by atoms with Gasteiger partial charge in [0.1, 0.15) is 0 Å². The van der Waals surface area contributed by atoms with Gasteiger partial charge in [0.05, 0.1) is 27.9 Å². The van der Waals surface area contributed by atoms with Crippen LogP contribution in [0.25, 0.3) is 175 Å². The molecule has 32 rings (SSSR count). The minimum absolute atomic E-state index is 0.0729. The summed E-state index contributed by atoms with van der Waals surface area (Å²) in [6.07, 6.45) is 9.66. The van der Waals surface area contributed by atoms with Crippen molar-refractivity contribution >= 4 is 120 Å². The van der Waals surface area contributed by atoms with Gasteiger partial charge in [-0.25, -0.2) is 0 Å². The van der Waals surface area contributed by atoms with Crippen LogP contribution >= 0.6 is 0 Å². The number of hydrogen-bond donors (Lipinski definition) is 0. The summed E-state index contributed by atoms with van der Waals surface area (Å²) < 4.78 is 0. The van der Waals surface area contributed by atoms with Crippen molar-refractivity contribution < 1.29 is 0 Å². The Hall–Kier alpha value is -17.0. The van der Waals surface area contributed by atoms with Crippen molar-refractivity contribution in [1.82, 2.24) is 0 Å². The second kappa shape index (κ2) is 30.2. The van der Waals surface area contributed by atoms with E-state index in [0.717, 1.165) is 29.9 Å². The molecule has 0 heterocycles. The molecule has 24 aromatic carbocycles. The van der Waals surface area contributed by atoms with Crippen LogP contribution in [0.2, 0.25) is 0 Å². The Morgan fingerprint density at radius 2 is 0.430 bits per heavy atom. The predicted molar refractivity (Wildman–Crippen MR) is 595 cm³/mol. The third-order valence-electron chi connectivity index (χ3n) is 34.7. The largest absolute Gasteiger partial charge is 0.310 e. The quantitative estimate of drug-likeness (QED) is 0.140. The first-order valence-electron chi connectivity index (χ1n) is 51.1. The molecule has 8 aliphatic rings. The zero-order valence-corrected chi connectivity index (χ0v) is 78.6. The summed E-state index contributed by atoms with van der Waals surface area (Å²) in [5, 5.41) is 20.3. The third kappa shape index (κ3) is 10.9. The topological polar surface area (TPSA) is 6.48 Å². The summed E-state index contributed by atoms with van der Waals surface area (Å²) in [6.45, 7) is 0. The van der Waals surface area contributed by atoms with Crippen LogP contribution in [-0.2, 0) is 21.7 Å². The van der Waals surface area contributed by atoms with Crippen LogP contribution in [0.5, 0.6) is 0 Å². The van der Waals surface area contributed by atoms with E-state index in [-0.39, 0.29) is 10.8 Å². The Bertz CT molecular complexity index is 9450.